The summed E-state index contributed by atoms with van der Waals surface area (Å²) in [5, 5.41) is 3.40. The van der Waals surface area contributed by atoms with Crippen LogP contribution in [-0.2, 0) is 0 Å². The van der Waals surface area contributed by atoms with E-state index in [1.807, 2.05) is 6.20 Å². The first-order chi connectivity index (χ1) is 9.61. The van der Waals surface area contributed by atoms with Crippen LogP contribution < -0.4 is 10.2 Å². The van der Waals surface area contributed by atoms with Crippen molar-refractivity contribution in [2.45, 2.75) is 39.3 Å². The van der Waals surface area contributed by atoms with Crippen molar-refractivity contribution in [3.05, 3.63) is 24.0 Å². The molecule has 0 radical (unpaired) electrons. The lowest BCUT2D eigenvalue weighted by Gasteiger charge is -2.30. The van der Waals surface area contributed by atoms with Gasteiger partial charge in [0.25, 0.3) is 0 Å². The Morgan fingerprint density at radius 1 is 1.40 bits per heavy atom. The van der Waals surface area contributed by atoms with Gasteiger partial charge >= 0.3 is 0 Å². The Hall–Kier alpha value is -1.13. The average Bonchev–Trinajstić information content (AvgIpc) is 2.60. The van der Waals surface area contributed by atoms with E-state index in [1.54, 1.807) is 0 Å². The lowest BCUT2D eigenvalue weighted by Crippen LogP contribution is -2.38. The summed E-state index contributed by atoms with van der Waals surface area (Å²) in [6.07, 6.45) is 3.25. The second-order valence-electron chi connectivity index (χ2n) is 5.88. The molecule has 1 fully saturated rings. The molecule has 0 amide bonds. The van der Waals surface area contributed by atoms with Crippen LogP contribution in [0, 0.1) is 0 Å². The van der Waals surface area contributed by atoms with Gasteiger partial charge in [-0.3, -0.25) is 4.98 Å². The number of hydrogen-bond donors (Lipinski definition) is 1. The Balaban J connectivity index is 2.08. The normalized spacial score (nSPS) is 22.6. The topological polar surface area (TPSA) is 31.4 Å². The SMILES string of the molecule is CCNC(C)c1ccc(N2CCCN(C)CC2C)cn1. The second kappa shape index (κ2) is 7.04. The zero-order chi connectivity index (χ0) is 14.5. The summed E-state index contributed by atoms with van der Waals surface area (Å²) in [4.78, 5) is 9.54. The quantitative estimate of drug-likeness (QED) is 0.914. The van der Waals surface area contributed by atoms with E-state index in [1.165, 1.54) is 18.7 Å². The molecule has 1 aromatic heterocycles. The molecule has 0 aromatic carbocycles. The van der Waals surface area contributed by atoms with Crippen molar-refractivity contribution in [3.63, 3.8) is 0 Å². The molecule has 20 heavy (non-hydrogen) atoms. The van der Waals surface area contributed by atoms with Crippen molar-refractivity contribution < 1.29 is 0 Å². The van der Waals surface area contributed by atoms with Crippen LogP contribution in [-0.4, -0.2) is 49.2 Å². The Morgan fingerprint density at radius 2 is 2.20 bits per heavy atom. The highest BCUT2D eigenvalue weighted by Gasteiger charge is 2.20. The number of likely N-dealkylation sites (N-methyl/N-ethyl adjacent to an activating group) is 1. The first-order valence-corrected chi connectivity index (χ1v) is 7.76. The Bertz CT molecular complexity index is 403. The van der Waals surface area contributed by atoms with E-state index in [9.17, 15) is 0 Å². The third-order valence-corrected chi connectivity index (χ3v) is 4.10. The smallest absolute Gasteiger partial charge is 0.0572 e. The van der Waals surface area contributed by atoms with Gasteiger partial charge in [-0.05, 0) is 52.5 Å². The minimum absolute atomic E-state index is 0.321. The number of aromatic nitrogens is 1. The van der Waals surface area contributed by atoms with E-state index in [0.29, 0.717) is 12.1 Å². The zero-order valence-electron chi connectivity index (χ0n) is 13.3. The van der Waals surface area contributed by atoms with Crippen molar-refractivity contribution in [1.82, 2.24) is 15.2 Å². The van der Waals surface area contributed by atoms with Gasteiger partial charge in [0.1, 0.15) is 0 Å². The minimum atomic E-state index is 0.321. The lowest BCUT2D eigenvalue weighted by atomic mass is 10.2. The molecule has 1 aliphatic rings. The molecule has 0 saturated carbocycles. The lowest BCUT2D eigenvalue weighted by molar-refractivity contribution is 0.337. The molecule has 2 atom stereocenters. The molecule has 4 heteroatoms. The number of nitrogens with zero attached hydrogens (tertiary/aromatic N) is 3. The van der Waals surface area contributed by atoms with E-state index in [-0.39, 0.29) is 0 Å². The molecule has 1 saturated heterocycles. The van der Waals surface area contributed by atoms with Crippen molar-refractivity contribution in [3.8, 4) is 0 Å². The fraction of sp³-hybridized carbons (Fsp3) is 0.688. The summed E-state index contributed by atoms with van der Waals surface area (Å²) in [6, 6.07) is 5.24. The van der Waals surface area contributed by atoms with E-state index >= 15 is 0 Å². The van der Waals surface area contributed by atoms with E-state index < -0.39 is 0 Å². The largest absolute Gasteiger partial charge is 0.366 e. The third-order valence-electron chi connectivity index (χ3n) is 4.10. The summed E-state index contributed by atoms with van der Waals surface area (Å²) >= 11 is 0. The van der Waals surface area contributed by atoms with E-state index in [0.717, 1.165) is 25.3 Å². The maximum absolute atomic E-state index is 4.64. The standard InChI is InChI=1S/C16H28N4/c1-5-17-14(3)16-8-7-15(11-18-16)20-10-6-9-19(4)12-13(20)2/h7-8,11,13-14,17H,5-6,9-10,12H2,1-4H3. The van der Waals surface area contributed by atoms with Gasteiger partial charge in [0.2, 0.25) is 0 Å². The molecule has 0 aliphatic carbocycles. The predicted molar refractivity (Wildman–Crippen MR) is 85.3 cm³/mol. The summed E-state index contributed by atoms with van der Waals surface area (Å²) in [5.74, 6) is 0. The number of pyridine rings is 1. The van der Waals surface area contributed by atoms with Gasteiger partial charge < -0.3 is 15.1 Å². The molecule has 4 nitrogen and oxygen atoms in total. The minimum Gasteiger partial charge on any atom is -0.366 e. The first kappa shape index (κ1) is 15.3. The highest BCUT2D eigenvalue weighted by atomic mass is 15.2. The van der Waals surface area contributed by atoms with Crippen LogP contribution in [0.2, 0.25) is 0 Å². The number of rotatable bonds is 4. The summed E-state index contributed by atoms with van der Waals surface area (Å²) < 4.78 is 0. The van der Waals surface area contributed by atoms with Crippen LogP contribution in [0.3, 0.4) is 0 Å². The molecule has 2 heterocycles. The molecule has 1 N–H and O–H groups in total. The second-order valence-corrected chi connectivity index (χ2v) is 5.88. The molecule has 112 valence electrons. The predicted octanol–water partition coefficient (Wildman–Crippen LogP) is 2.28. The van der Waals surface area contributed by atoms with Crippen LogP contribution >= 0.6 is 0 Å². The molecule has 2 rings (SSSR count). The van der Waals surface area contributed by atoms with Gasteiger partial charge in [-0.1, -0.05) is 6.92 Å². The van der Waals surface area contributed by atoms with Gasteiger partial charge in [0, 0.05) is 25.2 Å². The van der Waals surface area contributed by atoms with Crippen LogP contribution in [0.4, 0.5) is 5.69 Å². The highest BCUT2D eigenvalue weighted by molar-refractivity contribution is 5.46. The maximum Gasteiger partial charge on any atom is 0.0572 e. The highest BCUT2D eigenvalue weighted by Crippen LogP contribution is 2.21. The van der Waals surface area contributed by atoms with Gasteiger partial charge in [0.05, 0.1) is 17.6 Å². The number of hydrogen-bond acceptors (Lipinski definition) is 4. The van der Waals surface area contributed by atoms with Crippen molar-refractivity contribution in [1.29, 1.82) is 0 Å². The van der Waals surface area contributed by atoms with Crippen LogP contribution in [0.1, 0.15) is 38.9 Å². The van der Waals surface area contributed by atoms with Gasteiger partial charge in [-0.2, -0.15) is 0 Å². The van der Waals surface area contributed by atoms with Crippen molar-refractivity contribution in [2.24, 2.45) is 0 Å². The first-order valence-electron chi connectivity index (χ1n) is 7.76. The Kier molecular flexibility index (Phi) is 5.38. The van der Waals surface area contributed by atoms with Crippen LogP contribution in [0.15, 0.2) is 18.3 Å². The van der Waals surface area contributed by atoms with E-state index in [4.69, 9.17) is 0 Å². The number of anilines is 1. The third kappa shape index (κ3) is 3.70. The van der Waals surface area contributed by atoms with E-state index in [2.05, 4.69) is 60.1 Å². The fourth-order valence-electron chi connectivity index (χ4n) is 2.99. The van der Waals surface area contributed by atoms with Gasteiger partial charge in [-0.25, -0.2) is 0 Å². The maximum atomic E-state index is 4.64. The molecule has 1 aliphatic heterocycles. The van der Waals surface area contributed by atoms with Gasteiger partial charge in [-0.15, -0.1) is 0 Å². The molecule has 0 bridgehead atoms. The van der Waals surface area contributed by atoms with Crippen molar-refractivity contribution >= 4 is 5.69 Å². The van der Waals surface area contributed by atoms with Crippen molar-refractivity contribution in [2.75, 3.05) is 38.1 Å². The fourth-order valence-corrected chi connectivity index (χ4v) is 2.99. The molecular formula is C16H28N4. The molecule has 0 spiro atoms. The van der Waals surface area contributed by atoms with Gasteiger partial charge in [0.15, 0.2) is 0 Å². The Labute approximate surface area is 123 Å². The summed E-state index contributed by atoms with van der Waals surface area (Å²) in [7, 11) is 2.21. The Morgan fingerprint density at radius 3 is 2.85 bits per heavy atom. The summed E-state index contributed by atoms with van der Waals surface area (Å²) in [5.41, 5.74) is 2.37. The molecule has 1 aromatic rings. The molecule has 2 unspecified atom stereocenters. The number of nitrogens with one attached hydrogen (secondary N) is 1. The molecular weight excluding hydrogens is 248 g/mol. The zero-order valence-corrected chi connectivity index (χ0v) is 13.3. The van der Waals surface area contributed by atoms with Crippen LogP contribution in [0.5, 0.6) is 0 Å². The van der Waals surface area contributed by atoms with Crippen LogP contribution in [0.25, 0.3) is 0 Å². The monoisotopic (exact) mass is 276 g/mol. The summed E-state index contributed by atoms with van der Waals surface area (Å²) in [6.45, 7) is 11.0. The average molecular weight is 276 g/mol.